The Labute approximate surface area is 330 Å². The van der Waals surface area contributed by atoms with Crippen LogP contribution in [-0.4, -0.2) is 81.7 Å². The number of para-hydroxylation sites is 1. The molecular formula is C41H47F3N6O6S. The third-order valence-electron chi connectivity index (χ3n) is 11.5. The van der Waals surface area contributed by atoms with E-state index in [1.165, 1.54) is 23.1 Å². The number of likely N-dealkylation sites (tertiary alicyclic amines) is 1. The molecule has 0 spiro atoms. The Balaban J connectivity index is 1.16. The van der Waals surface area contributed by atoms with Gasteiger partial charge in [-0.05, 0) is 68.0 Å². The molecule has 304 valence electrons. The number of amides is 3. The number of hydrogen-bond acceptors (Lipinski definition) is 8. The van der Waals surface area contributed by atoms with Crippen molar-refractivity contribution in [1.29, 1.82) is 0 Å². The van der Waals surface area contributed by atoms with E-state index in [4.69, 9.17) is 4.74 Å². The molecule has 2 saturated carbocycles. The lowest BCUT2D eigenvalue weighted by Crippen LogP contribution is -2.59. The van der Waals surface area contributed by atoms with Crippen molar-refractivity contribution >= 4 is 39.5 Å². The zero-order valence-corrected chi connectivity index (χ0v) is 33.0. The van der Waals surface area contributed by atoms with Gasteiger partial charge in [-0.3, -0.25) is 19.1 Å². The first-order valence-electron chi connectivity index (χ1n) is 19.0. The topological polar surface area (TPSA) is 152 Å². The molecule has 3 aromatic rings. The summed E-state index contributed by atoms with van der Waals surface area (Å²) < 4.78 is 76.7. The molecule has 6 atom stereocenters. The molecule has 7 rings (SSSR count). The number of hydrogen-bond donors (Lipinski definition) is 3. The zero-order chi connectivity index (χ0) is 41.1. The molecular weight excluding hydrogens is 762 g/mol. The van der Waals surface area contributed by atoms with E-state index in [2.05, 4.69) is 26.9 Å². The molecule has 12 nitrogen and oxygen atoms in total. The number of imidazole rings is 1. The predicted octanol–water partition coefficient (Wildman–Crippen LogP) is 5.40. The second kappa shape index (κ2) is 14.5. The molecule has 1 aromatic heterocycles. The Morgan fingerprint density at radius 3 is 2.42 bits per heavy atom. The minimum atomic E-state index is -4.61. The molecule has 4 aliphatic rings. The van der Waals surface area contributed by atoms with Crippen molar-refractivity contribution in [1.82, 2.24) is 24.5 Å². The van der Waals surface area contributed by atoms with E-state index in [9.17, 15) is 36.0 Å². The number of aromatic nitrogens is 2. The third kappa shape index (κ3) is 7.98. The molecule has 1 saturated heterocycles. The summed E-state index contributed by atoms with van der Waals surface area (Å²) >= 11 is 0. The second-order valence-corrected chi connectivity index (χ2v) is 19.0. The summed E-state index contributed by atoms with van der Waals surface area (Å²) in [5.41, 5.74) is -0.664. The summed E-state index contributed by atoms with van der Waals surface area (Å²) in [6, 6.07) is 12.0. The summed E-state index contributed by atoms with van der Waals surface area (Å²) in [5, 5.41) is 5.80. The molecule has 3 fully saturated rings. The van der Waals surface area contributed by atoms with E-state index in [1.807, 2.05) is 47.1 Å². The summed E-state index contributed by atoms with van der Waals surface area (Å²) in [4.78, 5) is 48.7. The molecule has 57 heavy (non-hydrogen) atoms. The summed E-state index contributed by atoms with van der Waals surface area (Å²) in [7, 11) is -4.03. The average Bonchev–Trinajstić information content (AvgIpc) is 3.97. The SMILES string of the molecule is C=C[C@@H]1C[C@]1(NC(=O)[C@@H]1C[C@@H](OC2C=Cc3ncn(-c4ccccc4)c3C2)CN1C(=O)[C@@H](Nc1cccc(C(F)(F)F)c1)C(C)(C)C)C(=O)NS(=O)(=O)C1(C)CC1. The van der Waals surface area contributed by atoms with Crippen molar-refractivity contribution in [2.24, 2.45) is 11.3 Å². The van der Waals surface area contributed by atoms with Crippen molar-refractivity contribution in [3.05, 3.63) is 96.6 Å². The van der Waals surface area contributed by atoms with E-state index in [1.54, 1.807) is 34.0 Å². The fourth-order valence-electron chi connectivity index (χ4n) is 7.61. The lowest BCUT2D eigenvalue weighted by atomic mass is 9.85. The summed E-state index contributed by atoms with van der Waals surface area (Å²) in [6.07, 6.45) is 2.59. The normalized spacial score (nSPS) is 25.6. The third-order valence-corrected chi connectivity index (χ3v) is 13.7. The van der Waals surface area contributed by atoms with Crippen LogP contribution in [-0.2, 0) is 41.7 Å². The maximum absolute atomic E-state index is 14.7. The molecule has 2 heterocycles. The number of benzene rings is 2. The first-order valence-corrected chi connectivity index (χ1v) is 20.4. The highest BCUT2D eigenvalue weighted by Gasteiger charge is 2.63. The van der Waals surface area contributed by atoms with Crippen LogP contribution >= 0.6 is 0 Å². The lowest BCUT2D eigenvalue weighted by molar-refractivity contribution is -0.141. The van der Waals surface area contributed by atoms with E-state index >= 15 is 0 Å². The van der Waals surface area contributed by atoms with Crippen LogP contribution in [0.3, 0.4) is 0 Å². The molecule has 3 N–H and O–H groups in total. The highest BCUT2D eigenvalue weighted by molar-refractivity contribution is 7.91. The quantitative estimate of drug-likeness (QED) is 0.206. The van der Waals surface area contributed by atoms with Gasteiger partial charge in [-0.25, -0.2) is 13.4 Å². The molecule has 3 aliphatic carbocycles. The van der Waals surface area contributed by atoms with Crippen LogP contribution in [0.4, 0.5) is 18.9 Å². The molecule has 1 aliphatic heterocycles. The van der Waals surface area contributed by atoms with Gasteiger partial charge in [-0.15, -0.1) is 6.58 Å². The van der Waals surface area contributed by atoms with Gasteiger partial charge >= 0.3 is 6.18 Å². The Morgan fingerprint density at radius 2 is 1.79 bits per heavy atom. The molecule has 0 bridgehead atoms. The number of nitrogens with one attached hydrogen (secondary N) is 3. The number of sulfonamides is 1. The minimum Gasteiger partial charge on any atom is -0.373 e. The van der Waals surface area contributed by atoms with Crippen LogP contribution in [0.5, 0.6) is 0 Å². The highest BCUT2D eigenvalue weighted by atomic mass is 32.2. The zero-order valence-electron chi connectivity index (χ0n) is 32.2. The first-order chi connectivity index (χ1) is 26.7. The molecule has 0 radical (unpaired) electrons. The average molecular weight is 809 g/mol. The van der Waals surface area contributed by atoms with E-state index in [-0.39, 0.29) is 25.1 Å². The van der Waals surface area contributed by atoms with Crippen LogP contribution in [0.1, 0.15) is 70.3 Å². The standard InChI is InChI=1S/C41H47F3N6O6S/c1-6-25-22-40(25,37(53)48-57(54,55)39(5)17-18-39)47-35(51)33-21-30(56-29-15-16-31-32(20-29)50(24-45-31)28-13-8-7-9-14-28)23-49(33)36(52)34(38(2,3)4)46-27-12-10-11-26(19-27)41(42,43)44/h6-16,19,24-25,29-30,33-34,46H,1,17-18,20-23H2,2-5H3,(H,47,51)(H,48,53)/t25-,29?,30-,33+,34-,40-/m1/s1. The van der Waals surface area contributed by atoms with E-state index in [0.717, 1.165) is 29.2 Å². The minimum absolute atomic E-state index is 0.0277. The van der Waals surface area contributed by atoms with Gasteiger partial charge in [0.05, 0.1) is 33.9 Å². The van der Waals surface area contributed by atoms with Crippen molar-refractivity contribution < 1.29 is 40.7 Å². The number of fused-ring (bicyclic) bond motifs is 1. The molecule has 3 amide bonds. The van der Waals surface area contributed by atoms with Gasteiger partial charge in [0, 0.05) is 36.7 Å². The van der Waals surface area contributed by atoms with Crippen molar-refractivity contribution in [2.45, 2.75) is 101 Å². The fourth-order valence-corrected chi connectivity index (χ4v) is 8.92. The number of carbonyl (C=O) groups excluding carboxylic acids is 3. The van der Waals surface area contributed by atoms with Gasteiger partial charge in [0.15, 0.2) is 0 Å². The largest absolute Gasteiger partial charge is 0.416 e. The van der Waals surface area contributed by atoms with Gasteiger partial charge in [-0.1, -0.05) is 57.2 Å². The Bertz CT molecular complexity index is 2210. The first kappa shape index (κ1) is 40.2. The van der Waals surface area contributed by atoms with Crippen molar-refractivity contribution in [2.75, 3.05) is 11.9 Å². The summed E-state index contributed by atoms with van der Waals surface area (Å²) in [6.45, 7) is 10.6. The van der Waals surface area contributed by atoms with Crippen LogP contribution in [0.2, 0.25) is 0 Å². The van der Waals surface area contributed by atoms with E-state index < -0.39 is 85.4 Å². The highest BCUT2D eigenvalue weighted by Crippen LogP contribution is 2.47. The number of anilines is 1. The van der Waals surface area contributed by atoms with Gasteiger partial charge < -0.3 is 24.8 Å². The van der Waals surface area contributed by atoms with Gasteiger partial charge in [0.2, 0.25) is 21.8 Å². The molecule has 1 unspecified atom stereocenters. The monoisotopic (exact) mass is 808 g/mol. The van der Waals surface area contributed by atoms with Gasteiger partial charge in [0.1, 0.15) is 23.9 Å². The number of ether oxygens (including phenoxy) is 1. The number of alkyl halides is 3. The summed E-state index contributed by atoms with van der Waals surface area (Å²) in [5.74, 6) is -2.70. The lowest BCUT2D eigenvalue weighted by Gasteiger charge is -2.36. The Kier molecular flexibility index (Phi) is 10.2. The van der Waals surface area contributed by atoms with E-state index in [0.29, 0.717) is 19.3 Å². The smallest absolute Gasteiger partial charge is 0.373 e. The Morgan fingerprint density at radius 1 is 1.07 bits per heavy atom. The van der Waals surface area contributed by atoms with Gasteiger partial charge in [0.25, 0.3) is 5.91 Å². The maximum Gasteiger partial charge on any atom is 0.416 e. The van der Waals surface area contributed by atoms with Crippen LogP contribution in [0, 0.1) is 11.3 Å². The van der Waals surface area contributed by atoms with Crippen molar-refractivity contribution in [3.8, 4) is 5.69 Å². The second-order valence-electron chi connectivity index (χ2n) is 16.8. The molecule has 2 aromatic carbocycles. The predicted molar refractivity (Wildman–Crippen MR) is 207 cm³/mol. The maximum atomic E-state index is 14.7. The number of halogens is 3. The van der Waals surface area contributed by atoms with Crippen LogP contribution in [0.25, 0.3) is 11.8 Å². The van der Waals surface area contributed by atoms with Crippen LogP contribution < -0.4 is 15.4 Å². The Hall–Kier alpha value is -4.96. The van der Waals surface area contributed by atoms with Gasteiger partial charge in [-0.2, -0.15) is 13.2 Å². The van der Waals surface area contributed by atoms with Crippen molar-refractivity contribution in [3.63, 3.8) is 0 Å². The number of nitrogens with zero attached hydrogens (tertiary/aromatic N) is 3. The fraction of sp³-hybridized carbons (Fsp3) is 0.463. The number of rotatable bonds is 12. The molecule has 16 heteroatoms. The number of carbonyl (C=O) groups is 3. The van der Waals surface area contributed by atoms with Crippen LogP contribution in [0.15, 0.2) is 79.7 Å².